The molecule has 0 aromatic heterocycles. The van der Waals surface area contributed by atoms with Gasteiger partial charge in [0.15, 0.2) is 0 Å². The molecular weight excluding hydrogens is 370 g/mol. The molecule has 0 saturated carbocycles. The number of hydrogen-bond acceptors (Lipinski definition) is 3. The van der Waals surface area contributed by atoms with Crippen molar-refractivity contribution in [1.29, 1.82) is 0 Å². The molecule has 3 heteroatoms. The Balaban J connectivity index is 1.90. The van der Waals surface area contributed by atoms with Crippen LogP contribution < -0.4 is 0 Å². The third-order valence-corrected chi connectivity index (χ3v) is 6.79. The third kappa shape index (κ3) is 12.1. The number of nitrogens with zero attached hydrogens (tertiary/aromatic N) is 1. The van der Waals surface area contributed by atoms with Crippen molar-refractivity contribution in [1.82, 2.24) is 5.06 Å². The van der Waals surface area contributed by atoms with Gasteiger partial charge in [0.25, 0.3) is 0 Å². The molecular formula is C27H55NO2. The third-order valence-electron chi connectivity index (χ3n) is 6.79. The second-order valence-corrected chi connectivity index (χ2v) is 11.1. The molecule has 3 nitrogen and oxygen atoms in total. The number of piperidine rings is 1. The fourth-order valence-electron chi connectivity index (χ4n) is 5.37. The van der Waals surface area contributed by atoms with Crippen LogP contribution in [0.1, 0.15) is 150 Å². The molecule has 0 unspecified atom stereocenters. The van der Waals surface area contributed by atoms with Crippen LogP contribution >= 0.6 is 0 Å². The quantitative estimate of drug-likeness (QED) is 0.225. The van der Waals surface area contributed by atoms with Crippen LogP contribution in [0.25, 0.3) is 0 Å². The molecule has 1 saturated heterocycles. The maximum absolute atomic E-state index is 10.1. The summed E-state index contributed by atoms with van der Waals surface area (Å²) in [6, 6.07) is 0. The van der Waals surface area contributed by atoms with Gasteiger partial charge in [0.2, 0.25) is 0 Å². The van der Waals surface area contributed by atoms with Crippen LogP contribution in [0.5, 0.6) is 0 Å². The lowest BCUT2D eigenvalue weighted by Gasteiger charge is -2.52. The summed E-state index contributed by atoms with van der Waals surface area (Å²) in [6.07, 6.45) is 23.7. The average Bonchev–Trinajstić information content (AvgIpc) is 2.64. The van der Waals surface area contributed by atoms with E-state index in [-0.39, 0.29) is 17.2 Å². The molecule has 180 valence electrons. The minimum absolute atomic E-state index is 0.101. The van der Waals surface area contributed by atoms with Crippen molar-refractivity contribution in [3.8, 4) is 0 Å². The molecule has 1 fully saturated rings. The van der Waals surface area contributed by atoms with Gasteiger partial charge in [-0.2, -0.15) is 5.06 Å². The lowest BCUT2D eigenvalue weighted by molar-refractivity contribution is -0.292. The Labute approximate surface area is 189 Å². The van der Waals surface area contributed by atoms with E-state index in [9.17, 15) is 5.11 Å². The summed E-state index contributed by atoms with van der Waals surface area (Å²) >= 11 is 0. The normalized spacial score (nSPS) is 19.4. The number of unbranched alkanes of at least 4 members (excludes halogenated alkanes) is 15. The molecule has 0 spiro atoms. The van der Waals surface area contributed by atoms with Gasteiger partial charge < -0.3 is 5.11 Å². The van der Waals surface area contributed by atoms with E-state index >= 15 is 0 Å². The first-order valence-electron chi connectivity index (χ1n) is 13.4. The van der Waals surface area contributed by atoms with E-state index in [2.05, 4.69) is 39.7 Å². The number of hydrogen-bond donors (Lipinski definition) is 1. The van der Waals surface area contributed by atoms with Crippen molar-refractivity contribution in [3.63, 3.8) is 0 Å². The Bertz CT molecular complexity index is 390. The van der Waals surface area contributed by atoms with Crippen molar-refractivity contribution in [2.45, 2.75) is 167 Å². The summed E-state index contributed by atoms with van der Waals surface area (Å²) in [6.45, 7) is 11.8. The van der Waals surface area contributed by atoms with Gasteiger partial charge in [-0.05, 0) is 47.0 Å². The Hall–Kier alpha value is -0.120. The first kappa shape index (κ1) is 27.9. The molecule has 0 amide bonds. The summed E-state index contributed by atoms with van der Waals surface area (Å²) in [5.41, 5.74) is -0.202. The van der Waals surface area contributed by atoms with Crippen LogP contribution in [0.3, 0.4) is 0 Å². The van der Waals surface area contributed by atoms with Crippen molar-refractivity contribution in [2.24, 2.45) is 0 Å². The predicted molar refractivity (Wildman–Crippen MR) is 131 cm³/mol. The van der Waals surface area contributed by atoms with Gasteiger partial charge in [-0.25, -0.2) is 0 Å². The second-order valence-electron chi connectivity index (χ2n) is 11.1. The van der Waals surface area contributed by atoms with Crippen molar-refractivity contribution >= 4 is 0 Å². The molecule has 1 N–H and O–H groups in total. The fraction of sp³-hybridized carbons (Fsp3) is 1.00. The summed E-state index contributed by atoms with van der Waals surface area (Å²) in [5, 5.41) is 12.3. The molecule has 1 aliphatic heterocycles. The van der Waals surface area contributed by atoms with Crippen LogP contribution in [0.2, 0.25) is 0 Å². The Kier molecular flexibility index (Phi) is 14.6. The maximum atomic E-state index is 10.1. The molecule has 0 aromatic rings. The van der Waals surface area contributed by atoms with E-state index in [1.807, 2.05) is 0 Å². The van der Waals surface area contributed by atoms with Crippen LogP contribution in [0.4, 0.5) is 0 Å². The first-order chi connectivity index (χ1) is 14.3. The van der Waals surface area contributed by atoms with Crippen molar-refractivity contribution < 1.29 is 9.94 Å². The molecule has 1 rings (SSSR count). The molecule has 0 radical (unpaired) electrons. The standard InChI is InChI=1S/C27H55NO2/c1-6-7-8-9-10-11-12-13-14-15-16-17-18-19-20-21-22-30-28-26(2,3)23-25(29)24-27(28,4)5/h25,29H,6-24H2,1-5H3. The molecule has 1 aliphatic rings. The molecule has 1 heterocycles. The monoisotopic (exact) mass is 425 g/mol. The van der Waals surface area contributed by atoms with Gasteiger partial charge in [-0.1, -0.05) is 103 Å². The topological polar surface area (TPSA) is 32.7 Å². The van der Waals surface area contributed by atoms with Gasteiger partial charge in [-0.3, -0.25) is 4.84 Å². The second kappa shape index (κ2) is 15.6. The molecule has 0 bridgehead atoms. The predicted octanol–water partition coefficient (Wildman–Crippen LogP) is 8.19. The zero-order valence-electron chi connectivity index (χ0n) is 21.3. The largest absolute Gasteiger partial charge is 0.393 e. The zero-order chi connectivity index (χ0) is 22.3. The molecule has 30 heavy (non-hydrogen) atoms. The zero-order valence-corrected chi connectivity index (χ0v) is 21.3. The summed E-state index contributed by atoms with van der Waals surface area (Å²) in [7, 11) is 0. The Morgan fingerprint density at radius 3 is 1.33 bits per heavy atom. The lowest BCUT2D eigenvalue weighted by Crippen LogP contribution is -2.61. The highest BCUT2D eigenvalue weighted by Gasteiger charge is 2.45. The van der Waals surface area contributed by atoms with Gasteiger partial charge in [-0.15, -0.1) is 0 Å². The van der Waals surface area contributed by atoms with Crippen molar-refractivity contribution in [3.05, 3.63) is 0 Å². The van der Waals surface area contributed by atoms with Crippen LogP contribution in [0.15, 0.2) is 0 Å². The van der Waals surface area contributed by atoms with Gasteiger partial charge in [0.05, 0.1) is 12.7 Å². The number of rotatable bonds is 18. The Morgan fingerprint density at radius 2 is 0.967 bits per heavy atom. The lowest BCUT2D eigenvalue weighted by atomic mass is 9.80. The first-order valence-corrected chi connectivity index (χ1v) is 13.4. The van der Waals surface area contributed by atoms with E-state index in [0.717, 1.165) is 25.9 Å². The highest BCUT2D eigenvalue weighted by Crippen LogP contribution is 2.38. The maximum Gasteiger partial charge on any atom is 0.0685 e. The van der Waals surface area contributed by atoms with Gasteiger partial charge >= 0.3 is 0 Å². The highest BCUT2D eigenvalue weighted by atomic mass is 16.7. The van der Waals surface area contributed by atoms with Crippen LogP contribution in [0, 0.1) is 0 Å². The van der Waals surface area contributed by atoms with E-state index in [1.165, 1.54) is 96.3 Å². The van der Waals surface area contributed by atoms with Gasteiger partial charge in [0.1, 0.15) is 0 Å². The highest BCUT2D eigenvalue weighted by molar-refractivity contribution is 4.96. The molecule has 0 aliphatic carbocycles. The van der Waals surface area contributed by atoms with E-state index < -0.39 is 0 Å². The minimum Gasteiger partial charge on any atom is -0.393 e. The number of aliphatic hydroxyl groups is 1. The summed E-state index contributed by atoms with van der Waals surface area (Å²) in [5.74, 6) is 0. The summed E-state index contributed by atoms with van der Waals surface area (Å²) in [4.78, 5) is 6.20. The number of aliphatic hydroxyl groups excluding tert-OH is 1. The molecule has 0 atom stereocenters. The molecule has 0 aromatic carbocycles. The van der Waals surface area contributed by atoms with Crippen molar-refractivity contribution in [2.75, 3.05) is 6.61 Å². The SMILES string of the molecule is CCCCCCCCCCCCCCCCCCON1C(C)(C)CC(O)CC1(C)C. The van der Waals surface area contributed by atoms with E-state index in [1.54, 1.807) is 0 Å². The van der Waals surface area contributed by atoms with Gasteiger partial charge in [0, 0.05) is 11.1 Å². The smallest absolute Gasteiger partial charge is 0.0685 e. The Morgan fingerprint density at radius 1 is 0.633 bits per heavy atom. The average molecular weight is 426 g/mol. The van der Waals surface area contributed by atoms with E-state index in [4.69, 9.17) is 4.84 Å². The van der Waals surface area contributed by atoms with Crippen LogP contribution in [-0.2, 0) is 4.84 Å². The minimum atomic E-state index is -0.217. The van der Waals surface area contributed by atoms with E-state index in [0.29, 0.717) is 0 Å². The summed E-state index contributed by atoms with van der Waals surface area (Å²) < 4.78 is 0. The van der Waals surface area contributed by atoms with Crippen LogP contribution in [-0.4, -0.2) is 34.0 Å². The fourth-order valence-corrected chi connectivity index (χ4v) is 5.37. The number of hydroxylamine groups is 2.